The van der Waals surface area contributed by atoms with Gasteiger partial charge in [0.2, 0.25) is 0 Å². The normalized spacial score (nSPS) is 33.1. The van der Waals surface area contributed by atoms with Gasteiger partial charge in [-0.15, -0.1) is 0 Å². The average Bonchev–Trinajstić information content (AvgIpc) is 2.67. The molecule has 1 unspecified atom stereocenters. The van der Waals surface area contributed by atoms with Crippen molar-refractivity contribution in [2.24, 2.45) is 10.7 Å². The first-order chi connectivity index (χ1) is 9.45. The van der Waals surface area contributed by atoms with E-state index in [0.717, 1.165) is 6.34 Å². The molecule has 0 radical (unpaired) electrons. The van der Waals surface area contributed by atoms with Gasteiger partial charge in [0.15, 0.2) is 18.9 Å². The molecule has 114 valence electrons. The van der Waals surface area contributed by atoms with E-state index in [2.05, 4.69) is 4.99 Å². The Hall–Kier alpha value is -0.580. The van der Waals surface area contributed by atoms with Crippen molar-refractivity contribution in [2.75, 3.05) is 13.3 Å². The Labute approximate surface area is 123 Å². The zero-order valence-electron chi connectivity index (χ0n) is 11.4. The number of alkyl halides is 1. The molecular weight excluding hydrogens is 304 g/mol. The van der Waals surface area contributed by atoms with E-state index in [1.807, 2.05) is 13.0 Å². The van der Waals surface area contributed by atoms with Crippen molar-refractivity contribution in [3.63, 3.8) is 0 Å². The van der Waals surface area contributed by atoms with E-state index >= 15 is 0 Å². The molecule has 6 nitrogen and oxygen atoms in total. The second kappa shape index (κ2) is 8.01. The van der Waals surface area contributed by atoms with Crippen LogP contribution in [0.2, 0.25) is 0 Å². The second-order valence-electron chi connectivity index (χ2n) is 4.30. The lowest BCUT2D eigenvalue weighted by molar-refractivity contribution is 0.0169. The molecule has 1 fully saturated rings. The summed E-state index contributed by atoms with van der Waals surface area (Å²) in [6, 6.07) is 1.95. The number of aliphatic imine (C=N–C) groups is 1. The van der Waals surface area contributed by atoms with E-state index in [4.69, 9.17) is 36.6 Å². The molecule has 0 aromatic rings. The topological polar surface area (TPSA) is 89.9 Å². The van der Waals surface area contributed by atoms with Crippen LogP contribution in [0, 0.1) is 11.3 Å². The van der Waals surface area contributed by atoms with Crippen LogP contribution in [0.5, 0.6) is 0 Å². The number of nitrogens with zero attached hydrogens (tertiary/aromatic N) is 2. The lowest BCUT2D eigenvalue weighted by atomic mass is 10.1. The summed E-state index contributed by atoms with van der Waals surface area (Å²) in [4.78, 5) is 3.73. The highest BCUT2D eigenvalue weighted by molar-refractivity contribution is 8.09. The number of rotatable bonds is 7. The van der Waals surface area contributed by atoms with Gasteiger partial charge >= 0.3 is 0 Å². The van der Waals surface area contributed by atoms with Gasteiger partial charge < -0.3 is 19.5 Å². The Morgan fingerprint density at radius 1 is 1.65 bits per heavy atom. The summed E-state index contributed by atoms with van der Waals surface area (Å²) < 4.78 is 30.7. The van der Waals surface area contributed by atoms with Crippen LogP contribution in [0.15, 0.2) is 4.99 Å². The van der Waals surface area contributed by atoms with Crippen molar-refractivity contribution in [2.45, 2.75) is 44.4 Å². The molecule has 1 aliphatic heterocycles. The highest BCUT2D eigenvalue weighted by Crippen LogP contribution is 2.49. The predicted molar refractivity (Wildman–Crippen MR) is 77.8 cm³/mol. The zero-order chi connectivity index (χ0) is 15.2. The minimum absolute atomic E-state index is 0.177. The van der Waals surface area contributed by atoms with Gasteiger partial charge in [0.05, 0.1) is 31.5 Å². The molecule has 1 heterocycles. The zero-order valence-corrected chi connectivity index (χ0v) is 13.1. The van der Waals surface area contributed by atoms with E-state index in [-0.39, 0.29) is 13.0 Å². The van der Waals surface area contributed by atoms with E-state index in [9.17, 15) is 4.39 Å². The molecule has 0 aliphatic carbocycles. The van der Waals surface area contributed by atoms with Gasteiger partial charge in [-0.3, -0.25) is 0 Å². The molecule has 20 heavy (non-hydrogen) atoms. The molecule has 1 rings (SSSR count). The van der Waals surface area contributed by atoms with Crippen molar-refractivity contribution < 1.29 is 18.2 Å². The first kappa shape index (κ1) is 17.5. The molecular formula is C11H19FN3O3PS. The fourth-order valence-electron chi connectivity index (χ4n) is 1.86. The quantitative estimate of drug-likeness (QED) is 0.332. The Morgan fingerprint density at radius 2 is 2.35 bits per heavy atom. The summed E-state index contributed by atoms with van der Waals surface area (Å²) in [6.45, 7) is 1.02. The van der Waals surface area contributed by atoms with Gasteiger partial charge in [-0.25, -0.2) is 9.38 Å². The van der Waals surface area contributed by atoms with Crippen molar-refractivity contribution in [3.05, 3.63) is 0 Å². The number of halogens is 1. The van der Waals surface area contributed by atoms with Crippen LogP contribution >= 0.6 is 6.49 Å². The van der Waals surface area contributed by atoms with E-state index in [1.165, 1.54) is 0 Å². The van der Waals surface area contributed by atoms with Crippen LogP contribution in [0.25, 0.3) is 0 Å². The molecule has 0 amide bonds. The highest BCUT2D eigenvalue weighted by atomic mass is 32.5. The van der Waals surface area contributed by atoms with Crippen LogP contribution in [0.1, 0.15) is 19.8 Å². The lowest BCUT2D eigenvalue weighted by Crippen LogP contribution is -2.31. The molecule has 2 N–H and O–H groups in total. The summed E-state index contributed by atoms with van der Waals surface area (Å²) in [5.41, 5.74) is 5.16. The maximum Gasteiger partial charge on any atom is 0.186 e. The lowest BCUT2D eigenvalue weighted by Gasteiger charge is -2.25. The number of hydrogen-bond acceptors (Lipinski definition) is 6. The van der Waals surface area contributed by atoms with E-state index in [0.29, 0.717) is 6.42 Å². The number of hydrogen-bond donors (Lipinski definition) is 1. The molecule has 0 saturated carbocycles. The monoisotopic (exact) mass is 323 g/mol. The van der Waals surface area contributed by atoms with Crippen LogP contribution < -0.4 is 5.73 Å². The minimum Gasteiger partial charge on any atom is -0.390 e. The highest BCUT2D eigenvalue weighted by Gasteiger charge is 2.46. The van der Waals surface area contributed by atoms with Crippen LogP contribution in [0.3, 0.4) is 0 Å². The third kappa shape index (κ3) is 4.76. The van der Waals surface area contributed by atoms with Crippen LogP contribution in [-0.4, -0.2) is 44.2 Å². The Balaban J connectivity index is 2.68. The maximum atomic E-state index is 14.2. The molecule has 0 aromatic carbocycles. The van der Waals surface area contributed by atoms with Gasteiger partial charge in [0, 0.05) is 6.66 Å². The molecule has 1 aliphatic rings. The summed E-state index contributed by atoms with van der Waals surface area (Å²) in [7, 11) is 0. The van der Waals surface area contributed by atoms with E-state index in [1.54, 1.807) is 6.66 Å². The number of ether oxygens (including phenoxy) is 1. The molecule has 0 aromatic heterocycles. The van der Waals surface area contributed by atoms with Crippen molar-refractivity contribution in [3.8, 4) is 6.07 Å². The maximum absolute atomic E-state index is 14.2. The smallest absolute Gasteiger partial charge is 0.186 e. The summed E-state index contributed by atoms with van der Waals surface area (Å²) in [5, 5.41) is 8.46. The standard InChI is InChI=1S/C11H19FN3O3PS/c1-3-8-10(9(12)11(17-8)15-7-14)18-19(2,20)16-6-4-5-13/h7-11H,3-4,6H2,1-2H3,(H2,14,15)/t8-,9-,10-,11-,19?/m1/s1. The Morgan fingerprint density at radius 3 is 2.90 bits per heavy atom. The third-order valence-electron chi connectivity index (χ3n) is 2.76. The van der Waals surface area contributed by atoms with Crippen molar-refractivity contribution in [1.82, 2.24) is 0 Å². The minimum atomic E-state index is -2.63. The predicted octanol–water partition coefficient (Wildman–Crippen LogP) is 1.70. The first-order valence-corrected chi connectivity index (χ1v) is 9.34. The van der Waals surface area contributed by atoms with Gasteiger partial charge in [0.25, 0.3) is 0 Å². The van der Waals surface area contributed by atoms with Gasteiger partial charge in [-0.2, -0.15) is 5.26 Å². The van der Waals surface area contributed by atoms with Crippen LogP contribution in [-0.2, 0) is 25.6 Å². The largest absolute Gasteiger partial charge is 0.390 e. The fourth-order valence-corrected chi connectivity index (χ4v) is 3.56. The molecule has 5 atom stereocenters. The summed E-state index contributed by atoms with van der Waals surface area (Å²) >= 11 is 5.22. The van der Waals surface area contributed by atoms with Crippen LogP contribution in [0.4, 0.5) is 4.39 Å². The molecule has 0 bridgehead atoms. The van der Waals surface area contributed by atoms with Crippen molar-refractivity contribution >= 4 is 24.6 Å². The van der Waals surface area contributed by atoms with Gasteiger partial charge in [0.1, 0.15) is 6.10 Å². The Bertz CT molecular complexity index is 432. The molecule has 1 saturated heterocycles. The SMILES string of the molecule is CC[C@H]1O[C@@H](N=CN)[C@H](F)[C@@H]1OP(C)(=S)OCCC#N. The molecule has 0 spiro atoms. The molecule has 9 heteroatoms. The fraction of sp³-hybridized carbons (Fsp3) is 0.818. The first-order valence-electron chi connectivity index (χ1n) is 6.25. The Kier molecular flexibility index (Phi) is 7.00. The number of nitrogens with two attached hydrogens (primary N) is 1. The van der Waals surface area contributed by atoms with Gasteiger partial charge in [-0.05, 0) is 18.2 Å². The number of nitriles is 1. The van der Waals surface area contributed by atoms with Crippen molar-refractivity contribution in [1.29, 1.82) is 5.26 Å². The second-order valence-corrected chi connectivity index (χ2v) is 8.30. The van der Waals surface area contributed by atoms with Gasteiger partial charge in [-0.1, -0.05) is 6.92 Å². The summed E-state index contributed by atoms with van der Waals surface area (Å²) in [6.07, 6.45) is -1.89. The summed E-state index contributed by atoms with van der Waals surface area (Å²) in [5.74, 6) is 0. The third-order valence-corrected chi connectivity index (χ3v) is 4.61. The average molecular weight is 323 g/mol. The van der Waals surface area contributed by atoms with E-state index < -0.39 is 31.1 Å².